The van der Waals surface area contributed by atoms with Crippen molar-refractivity contribution >= 4 is 5.97 Å². The smallest absolute Gasteiger partial charge is 0.550 e. The maximum Gasteiger partial charge on any atom is 1.00 e. The van der Waals surface area contributed by atoms with Crippen LogP contribution in [0.4, 0.5) is 8.78 Å². The molecule has 0 saturated heterocycles. The molecule has 0 amide bonds. The Morgan fingerprint density at radius 3 is 2.56 bits per heavy atom. The summed E-state index contributed by atoms with van der Waals surface area (Å²) < 4.78 is 40.8. The number of carbonyl (C=O) groups is 1. The van der Waals surface area contributed by atoms with Gasteiger partial charge >= 0.3 is 29.6 Å². The van der Waals surface area contributed by atoms with E-state index < -0.39 is 29.6 Å². The first-order valence-corrected chi connectivity index (χ1v) is 11.9. The Kier molecular flexibility index (Phi) is 8.03. The second-order valence-electron chi connectivity index (χ2n) is 9.43. The number of carboxylic acid groups (broad SMARTS) is 1. The van der Waals surface area contributed by atoms with Crippen LogP contribution in [0.5, 0.6) is 11.6 Å². The minimum absolute atomic E-state index is 0. The summed E-state index contributed by atoms with van der Waals surface area (Å²) >= 11 is 0. The van der Waals surface area contributed by atoms with Gasteiger partial charge < -0.3 is 19.4 Å². The molecule has 1 unspecified atom stereocenters. The van der Waals surface area contributed by atoms with Crippen LogP contribution in [0.2, 0.25) is 0 Å². The fourth-order valence-corrected chi connectivity index (χ4v) is 5.09. The largest absolute Gasteiger partial charge is 1.00 e. The second-order valence-corrected chi connectivity index (χ2v) is 9.43. The van der Waals surface area contributed by atoms with Gasteiger partial charge in [-0.05, 0) is 66.3 Å². The van der Waals surface area contributed by atoms with Crippen molar-refractivity contribution < 1.29 is 57.7 Å². The molecule has 5 nitrogen and oxygen atoms in total. The third kappa shape index (κ3) is 5.29. The van der Waals surface area contributed by atoms with Gasteiger partial charge in [-0.25, -0.2) is 13.8 Å². The first-order valence-electron chi connectivity index (χ1n) is 11.9. The maximum atomic E-state index is 15.2. The van der Waals surface area contributed by atoms with Crippen LogP contribution >= 0.6 is 0 Å². The van der Waals surface area contributed by atoms with Crippen LogP contribution in [-0.2, 0) is 11.2 Å². The fraction of sp³-hybridized carbons (Fsp3) is 0.357. The van der Waals surface area contributed by atoms with Crippen molar-refractivity contribution in [3.8, 4) is 22.8 Å². The Labute approximate surface area is 231 Å². The quantitative estimate of drug-likeness (QED) is 0.463. The van der Waals surface area contributed by atoms with E-state index in [4.69, 9.17) is 9.47 Å². The van der Waals surface area contributed by atoms with E-state index in [-0.39, 0.29) is 46.9 Å². The van der Waals surface area contributed by atoms with Gasteiger partial charge in [-0.3, -0.25) is 0 Å². The number of aromatic nitrogens is 1. The number of carbonyl (C=O) groups excluding carboxylic acids is 1. The van der Waals surface area contributed by atoms with Gasteiger partial charge in [0.05, 0.1) is 13.3 Å². The number of halogens is 2. The number of fused-ring (bicyclic) bond motifs is 1. The zero-order valence-electron chi connectivity index (χ0n) is 20.6. The topological polar surface area (TPSA) is 71.5 Å². The number of pyridine rings is 1. The average Bonchev–Trinajstić information content (AvgIpc) is 3.69. The van der Waals surface area contributed by atoms with Crippen LogP contribution in [-0.4, -0.2) is 18.1 Å². The van der Waals surface area contributed by atoms with Crippen molar-refractivity contribution in [1.82, 2.24) is 4.98 Å². The number of aryl methyl sites for hydroxylation is 1. The molecule has 182 valence electrons. The molecule has 0 spiro atoms. The third-order valence-electron chi connectivity index (χ3n) is 7.16. The van der Waals surface area contributed by atoms with Gasteiger partial charge in [0.25, 0.3) is 0 Å². The van der Waals surface area contributed by atoms with Gasteiger partial charge in [-0.15, -0.1) is 0 Å². The molecule has 0 N–H and O–H groups in total. The molecule has 5 rings (SSSR count). The molecule has 1 aliphatic carbocycles. The zero-order valence-corrected chi connectivity index (χ0v) is 22.6. The van der Waals surface area contributed by atoms with Crippen molar-refractivity contribution in [2.24, 2.45) is 11.8 Å². The monoisotopic (exact) mass is 501 g/mol. The van der Waals surface area contributed by atoms with Crippen LogP contribution in [0, 0.1) is 23.5 Å². The van der Waals surface area contributed by atoms with Crippen molar-refractivity contribution in [2.75, 3.05) is 7.11 Å². The van der Waals surface area contributed by atoms with E-state index in [2.05, 4.69) is 4.98 Å². The number of ether oxygens (including phenoxy) is 2. The van der Waals surface area contributed by atoms with Crippen molar-refractivity contribution in [3.63, 3.8) is 0 Å². The van der Waals surface area contributed by atoms with Crippen LogP contribution in [0.3, 0.4) is 0 Å². The van der Waals surface area contributed by atoms with Crippen LogP contribution < -0.4 is 44.1 Å². The number of hydrogen-bond donors (Lipinski definition) is 0. The van der Waals surface area contributed by atoms with E-state index >= 15 is 4.39 Å². The zero-order chi connectivity index (χ0) is 24.7. The molecule has 0 radical (unpaired) electrons. The molecular weight excluding hydrogens is 475 g/mol. The number of rotatable bonds is 7. The minimum Gasteiger partial charge on any atom is -0.550 e. The first kappa shape index (κ1) is 26.6. The SMILES string of the molecule is COc1cc(-c2ccc(C3CCc4ccc([C@H](C5CC5)[C@H](C)C(=O)[O-])cc4O3)c(F)c2)c(F)cn1.[Na+]. The fourth-order valence-electron chi connectivity index (χ4n) is 5.09. The number of benzene rings is 2. The Morgan fingerprint density at radius 1 is 1.11 bits per heavy atom. The number of nitrogens with zero attached hydrogens (tertiary/aromatic N) is 1. The van der Waals surface area contributed by atoms with E-state index in [0.29, 0.717) is 35.6 Å². The molecule has 2 heterocycles. The molecule has 1 saturated carbocycles. The third-order valence-corrected chi connectivity index (χ3v) is 7.16. The van der Waals surface area contributed by atoms with Crippen molar-refractivity contribution in [3.05, 3.63) is 77.0 Å². The molecule has 36 heavy (non-hydrogen) atoms. The molecule has 8 heteroatoms. The summed E-state index contributed by atoms with van der Waals surface area (Å²) in [6.07, 6.45) is 3.87. The molecule has 3 atom stereocenters. The molecule has 1 aliphatic heterocycles. The molecule has 1 fully saturated rings. The summed E-state index contributed by atoms with van der Waals surface area (Å²) in [7, 11) is 1.43. The molecule has 1 aromatic heterocycles. The van der Waals surface area contributed by atoms with E-state index in [9.17, 15) is 14.3 Å². The number of methoxy groups -OCH3 is 1. The van der Waals surface area contributed by atoms with E-state index in [0.717, 1.165) is 30.2 Å². The normalized spacial score (nSPS) is 18.3. The van der Waals surface area contributed by atoms with E-state index in [1.807, 2.05) is 18.2 Å². The standard InChI is InChI=1S/C28H27F2NO4.Na/c1-15(28(32)33)27(17-4-5-17)19-6-3-16-8-10-24(35-25(16)12-19)20-9-7-18(11-22(20)29)21-13-26(34-2)31-14-23(21)30;/h3,6-7,9,11-15,17,24,27H,4-5,8,10H2,1-2H3,(H,32,33);/q;+1/p-1/t15-,24?,27-;/m0./s1. The predicted molar refractivity (Wildman–Crippen MR) is 124 cm³/mol. The van der Waals surface area contributed by atoms with Gasteiger partial charge in [0.15, 0.2) is 0 Å². The average molecular weight is 502 g/mol. The Bertz CT molecular complexity index is 1280. The predicted octanol–water partition coefficient (Wildman–Crippen LogP) is 1.99. The summed E-state index contributed by atoms with van der Waals surface area (Å²) in [4.78, 5) is 15.4. The molecule has 2 aliphatic rings. The summed E-state index contributed by atoms with van der Waals surface area (Å²) in [5.74, 6) is -1.60. The number of hydrogen-bond acceptors (Lipinski definition) is 5. The number of carboxylic acids is 1. The van der Waals surface area contributed by atoms with E-state index in [1.165, 1.54) is 19.2 Å². The van der Waals surface area contributed by atoms with Gasteiger partial charge in [0, 0.05) is 29.1 Å². The Hall–Kier alpha value is -2.48. The summed E-state index contributed by atoms with van der Waals surface area (Å²) in [6.45, 7) is 1.69. The Morgan fingerprint density at radius 2 is 1.89 bits per heavy atom. The first-order chi connectivity index (χ1) is 16.9. The molecule has 0 bridgehead atoms. The van der Waals surface area contributed by atoms with Crippen molar-refractivity contribution in [1.29, 1.82) is 0 Å². The summed E-state index contributed by atoms with van der Waals surface area (Å²) in [5.41, 5.74) is 2.92. The minimum atomic E-state index is -1.05. The van der Waals surface area contributed by atoms with Gasteiger partial charge in [0.2, 0.25) is 5.88 Å². The second kappa shape index (κ2) is 10.9. The molecular formula is C28H26F2NNaO4. The van der Waals surface area contributed by atoms with Gasteiger partial charge in [-0.2, -0.15) is 0 Å². The van der Waals surface area contributed by atoms with E-state index in [1.54, 1.807) is 19.1 Å². The van der Waals surface area contributed by atoms with Gasteiger partial charge in [0.1, 0.15) is 23.5 Å². The van der Waals surface area contributed by atoms with Crippen LogP contribution in [0.15, 0.2) is 48.7 Å². The van der Waals surface area contributed by atoms with Crippen LogP contribution in [0.1, 0.15) is 54.9 Å². The summed E-state index contributed by atoms with van der Waals surface area (Å²) in [5, 5.41) is 11.6. The summed E-state index contributed by atoms with van der Waals surface area (Å²) in [6, 6.07) is 11.9. The Balaban J connectivity index is 0.00000304. The number of aliphatic carboxylic acids is 1. The molecule has 3 aromatic rings. The van der Waals surface area contributed by atoms with Gasteiger partial charge in [-0.1, -0.05) is 31.2 Å². The molecule has 2 aromatic carbocycles. The van der Waals surface area contributed by atoms with Crippen molar-refractivity contribution in [2.45, 2.75) is 44.6 Å². The maximum absolute atomic E-state index is 15.2. The van der Waals surface area contributed by atoms with Crippen LogP contribution in [0.25, 0.3) is 11.1 Å².